The van der Waals surface area contributed by atoms with Crippen molar-refractivity contribution in [2.24, 2.45) is 11.8 Å². The summed E-state index contributed by atoms with van der Waals surface area (Å²) in [5.74, 6) is 4.37. The second-order valence-electron chi connectivity index (χ2n) is 4.73. The molecule has 1 atom stereocenters. The van der Waals surface area contributed by atoms with E-state index in [1.165, 1.54) is 30.9 Å². The molecule has 1 saturated heterocycles. The van der Waals surface area contributed by atoms with E-state index in [2.05, 4.69) is 30.9 Å². The maximum absolute atomic E-state index is 5.54. The van der Waals surface area contributed by atoms with Crippen molar-refractivity contribution in [3.8, 4) is 0 Å². The van der Waals surface area contributed by atoms with E-state index in [1.807, 2.05) is 0 Å². The molecule has 0 spiro atoms. The summed E-state index contributed by atoms with van der Waals surface area (Å²) in [6.45, 7) is 8.45. The van der Waals surface area contributed by atoms with Gasteiger partial charge in [0.2, 0.25) is 0 Å². The fourth-order valence-electron chi connectivity index (χ4n) is 1.62. The minimum absolute atomic E-state index is 0.758. The molecule has 2 nitrogen and oxygen atoms in total. The van der Waals surface area contributed by atoms with E-state index in [4.69, 9.17) is 4.74 Å². The van der Waals surface area contributed by atoms with Crippen LogP contribution in [0.2, 0.25) is 0 Å². The highest BCUT2D eigenvalue weighted by Gasteiger charge is 2.14. The van der Waals surface area contributed by atoms with Crippen molar-refractivity contribution in [1.29, 1.82) is 0 Å². The maximum atomic E-state index is 5.54. The third kappa shape index (κ3) is 7.20. The summed E-state index contributed by atoms with van der Waals surface area (Å²) in [6.07, 6.45) is 2.57. The summed E-state index contributed by atoms with van der Waals surface area (Å²) in [7, 11) is 0. The summed E-state index contributed by atoms with van der Waals surface area (Å²) < 4.78 is 5.54. The van der Waals surface area contributed by atoms with E-state index in [0.29, 0.717) is 0 Å². The lowest BCUT2D eigenvalue weighted by Gasteiger charge is -2.10. The molecule has 0 aromatic carbocycles. The van der Waals surface area contributed by atoms with Crippen LogP contribution in [0.5, 0.6) is 0 Å². The Kier molecular flexibility index (Phi) is 7.49. The smallest absolute Gasteiger partial charge is 0.0590 e. The minimum Gasteiger partial charge on any atom is -0.380 e. The third-order valence-electron chi connectivity index (χ3n) is 2.72. The Balaban J connectivity index is 1.76. The fourth-order valence-corrected chi connectivity index (χ4v) is 2.90. The van der Waals surface area contributed by atoms with E-state index < -0.39 is 0 Å². The lowest BCUT2D eigenvalue weighted by atomic mass is 10.1. The molecule has 15 heavy (non-hydrogen) atoms. The van der Waals surface area contributed by atoms with E-state index in [1.54, 1.807) is 0 Å². The van der Waals surface area contributed by atoms with Gasteiger partial charge in [-0.15, -0.1) is 0 Å². The zero-order chi connectivity index (χ0) is 10.9. The van der Waals surface area contributed by atoms with Crippen LogP contribution in [0.3, 0.4) is 0 Å². The summed E-state index contributed by atoms with van der Waals surface area (Å²) in [4.78, 5) is 0. The molecule has 1 aliphatic rings. The Morgan fingerprint density at radius 2 is 2.27 bits per heavy atom. The van der Waals surface area contributed by atoms with Crippen LogP contribution in [-0.4, -0.2) is 37.8 Å². The van der Waals surface area contributed by atoms with Gasteiger partial charge < -0.3 is 10.1 Å². The third-order valence-corrected chi connectivity index (χ3v) is 3.95. The van der Waals surface area contributed by atoms with Gasteiger partial charge in [0.05, 0.1) is 6.61 Å². The summed E-state index contributed by atoms with van der Waals surface area (Å²) in [5.41, 5.74) is 0. The van der Waals surface area contributed by atoms with Gasteiger partial charge in [0, 0.05) is 13.2 Å². The fraction of sp³-hybridized carbons (Fsp3) is 1.00. The van der Waals surface area contributed by atoms with Crippen molar-refractivity contribution in [2.45, 2.75) is 26.7 Å². The van der Waals surface area contributed by atoms with Gasteiger partial charge in [-0.1, -0.05) is 13.8 Å². The largest absolute Gasteiger partial charge is 0.380 e. The summed E-state index contributed by atoms with van der Waals surface area (Å²) in [6, 6.07) is 0. The molecular weight excluding hydrogens is 206 g/mol. The Morgan fingerprint density at radius 1 is 1.40 bits per heavy atom. The summed E-state index contributed by atoms with van der Waals surface area (Å²) in [5, 5.41) is 3.48. The number of hydrogen-bond acceptors (Lipinski definition) is 3. The molecule has 3 heteroatoms. The molecule has 0 aromatic heterocycles. The van der Waals surface area contributed by atoms with Crippen LogP contribution >= 0.6 is 11.8 Å². The number of thioether (sulfide) groups is 1. The van der Waals surface area contributed by atoms with Crippen molar-refractivity contribution in [3.05, 3.63) is 0 Å². The van der Waals surface area contributed by atoms with E-state index >= 15 is 0 Å². The van der Waals surface area contributed by atoms with Gasteiger partial charge >= 0.3 is 0 Å². The van der Waals surface area contributed by atoms with Crippen LogP contribution in [0, 0.1) is 11.8 Å². The van der Waals surface area contributed by atoms with E-state index in [9.17, 15) is 0 Å². The molecule has 0 radical (unpaired) electrons. The molecule has 1 rings (SSSR count). The minimum atomic E-state index is 0.758. The van der Waals surface area contributed by atoms with Crippen LogP contribution in [-0.2, 0) is 4.74 Å². The maximum Gasteiger partial charge on any atom is 0.0590 e. The van der Waals surface area contributed by atoms with Gasteiger partial charge in [-0.3, -0.25) is 0 Å². The second kappa shape index (κ2) is 8.43. The molecule has 0 aromatic rings. The first-order valence-electron chi connectivity index (χ1n) is 6.15. The highest BCUT2D eigenvalue weighted by molar-refractivity contribution is 7.99. The topological polar surface area (TPSA) is 21.3 Å². The normalized spacial score (nSPS) is 21.4. The van der Waals surface area contributed by atoms with Crippen LogP contribution in [0.4, 0.5) is 0 Å². The van der Waals surface area contributed by atoms with Crippen molar-refractivity contribution >= 4 is 11.8 Å². The lowest BCUT2D eigenvalue weighted by Crippen LogP contribution is -2.26. The molecule has 1 aliphatic heterocycles. The van der Waals surface area contributed by atoms with Crippen molar-refractivity contribution < 1.29 is 4.74 Å². The first-order valence-corrected chi connectivity index (χ1v) is 7.30. The predicted octanol–water partition coefficient (Wildman–Crippen LogP) is 2.39. The number of rotatable bonds is 8. The molecule has 1 fully saturated rings. The summed E-state index contributed by atoms with van der Waals surface area (Å²) >= 11 is 2.09. The standard InChI is InChI=1S/C12H25NOS/c1-11(2)3-6-14-7-5-13-9-12-4-8-15-10-12/h11-13H,3-10H2,1-2H3. The average molecular weight is 231 g/mol. The van der Waals surface area contributed by atoms with E-state index in [0.717, 1.165) is 31.6 Å². The van der Waals surface area contributed by atoms with Crippen LogP contribution < -0.4 is 5.32 Å². The van der Waals surface area contributed by atoms with Gasteiger partial charge in [-0.2, -0.15) is 11.8 Å². The molecule has 0 saturated carbocycles. The molecule has 1 heterocycles. The molecular formula is C12H25NOS. The zero-order valence-corrected chi connectivity index (χ0v) is 10.9. The molecule has 0 aliphatic carbocycles. The molecule has 1 unspecified atom stereocenters. The Morgan fingerprint density at radius 3 is 2.93 bits per heavy atom. The number of hydrogen-bond donors (Lipinski definition) is 1. The highest BCUT2D eigenvalue weighted by Crippen LogP contribution is 2.22. The average Bonchev–Trinajstić information content (AvgIpc) is 2.68. The SMILES string of the molecule is CC(C)CCOCCNCC1CCSC1. The van der Waals surface area contributed by atoms with Gasteiger partial charge in [0.15, 0.2) is 0 Å². The Hall–Kier alpha value is 0.270. The monoisotopic (exact) mass is 231 g/mol. The Bertz CT molecular complexity index is 147. The van der Waals surface area contributed by atoms with Gasteiger partial charge in [0.25, 0.3) is 0 Å². The van der Waals surface area contributed by atoms with Crippen molar-refractivity contribution in [2.75, 3.05) is 37.8 Å². The number of ether oxygens (including phenoxy) is 1. The molecule has 1 N–H and O–H groups in total. The van der Waals surface area contributed by atoms with Crippen LogP contribution in [0.25, 0.3) is 0 Å². The molecule has 0 amide bonds. The van der Waals surface area contributed by atoms with Gasteiger partial charge in [-0.05, 0) is 42.7 Å². The second-order valence-corrected chi connectivity index (χ2v) is 5.88. The highest BCUT2D eigenvalue weighted by atomic mass is 32.2. The quantitative estimate of drug-likeness (QED) is 0.648. The first kappa shape index (κ1) is 13.3. The molecule has 0 bridgehead atoms. The van der Waals surface area contributed by atoms with Gasteiger partial charge in [-0.25, -0.2) is 0 Å². The Labute approximate surface area is 98.5 Å². The first-order chi connectivity index (χ1) is 7.29. The van der Waals surface area contributed by atoms with Crippen LogP contribution in [0.15, 0.2) is 0 Å². The molecule has 90 valence electrons. The zero-order valence-electron chi connectivity index (χ0n) is 10.1. The predicted molar refractivity (Wildman–Crippen MR) is 68.6 cm³/mol. The lowest BCUT2D eigenvalue weighted by molar-refractivity contribution is 0.125. The number of nitrogens with one attached hydrogen (secondary N) is 1. The van der Waals surface area contributed by atoms with Gasteiger partial charge in [0.1, 0.15) is 0 Å². The van der Waals surface area contributed by atoms with Crippen molar-refractivity contribution in [1.82, 2.24) is 5.32 Å². The van der Waals surface area contributed by atoms with E-state index in [-0.39, 0.29) is 0 Å². The van der Waals surface area contributed by atoms with Crippen molar-refractivity contribution in [3.63, 3.8) is 0 Å². The van der Waals surface area contributed by atoms with Crippen LogP contribution in [0.1, 0.15) is 26.7 Å².